The molecule has 9 heteroatoms. The summed E-state index contributed by atoms with van der Waals surface area (Å²) in [6.07, 6.45) is 1.94. The van der Waals surface area contributed by atoms with Gasteiger partial charge in [-0.15, -0.1) is 21.5 Å². The number of nitrogens with zero attached hydrogens (tertiary/aromatic N) is 4. The smallest absolute Gasteiger partial charge is 0.277 e. The number of nitriles is 1. The van der Waals surface area contributed by atoms with Gasteiger partial charge in [-0.1, -0.05) is 11.8 Å². The van der Waals surface area contributed by atoms with Gasteiger partial charge in [0.2, 0.25) is 5.89 Å². The Hall–Kier alpha value is -1.37. The molecule has 1 atom stereocenters. The van der Waals surface area contributed by atoms with E-state index in [4.69, 9.17) is 9.68 Å². The first kappa shape index (κ1) is 16.0. The van der Waals surface area contributed by atoms with Gasteiger partial charge < -0.3 is 4.42 Å². The summed E-state index contributed by atoms with van der Waals surface area (Å²) >= 11 is 4.05. The molecule has 1 unspecified atom stereocenters. The minimum atomic E-state index is -0.829. The number of thiazole rings is 1. The first-order valence-corrected chi connectivity index (χ1v) is 9.18. The third-order valence-electron chi connectivity index (χ3n) is 2.39. The van der Waals surface area contributed by atoms with Crippen LogP contribution >= 0.6 is 34.9 Å². The first-order chi connectivity index (χ1) is 10.1. The van der Waals surface area contributed by atoms with Gasteiger partial charge >= 0.3 is 0 Å². The van der Waals surface area contributed by atoms with Gasteiger partial charge in [-0.25, -0.2) is 4.98 Å². The van der Waals surface area contributed by atoms with Gasteiger partial charge in [0, 0.05) is 11.1 Å². The van der Waals surface area contributed by atoms with Crippen molar-refractivity contribution >= 4 is 40.6 Å². The van der Waals surface area contributed by atoms with Crippen LogP contribution in [0.2, 0.25) is 0 Å². The Morgan fingerprint density at radius 2 is 2.38 bits per heavy atom. The quantitative estimate of drug-likeness (QED) is 0.710. The molecule has 2 heterocycles. The van der Waals surface area contributed by atoms with E-state index >= 15 is 0 Å². The number of carbonyl (C=O) groups is 1. The van der Waals surface area contributed by atoms with Crippen LogP contribution in [0.3, 0.4) is 0 Å². The Kier molecular flexibility index (Phi) is 5.78. The summed E-state index contributed by atoms with van der Waals surface area (Å²) in [4.78, 5) is 16.3. The number of carbonyl (C=O) groups excluding carboxylic acids is 1. The molecule has 110 valence electrons. The lowest BCUT2D eigenvalue weighted by atomic mass is 10.1. The van der Waals surface area contributed by atoms with Crippen molar-refractivity contribution in [3.63, 3.8) is 0 Å². The molecular formula is C12H12N4O2S3. The molecule has 0 saturated carbocycles. The topological polar surface area (TPSA) is 92.7 Å². The number of aromatic nitrogens is 3. The minimum absolute atomic E-state index is 0.109. The van der Waals surface area contributed by atoms with Crippen LogP contribution < -0.4 is 0 Å². The maximum atomic E-state index is 12.1. The number of hydrogen-bond donors (Lipinski definition) is 0. The molecule has 0 spiro atoms. The molecule has 0 aliphatic heterocycles. The summed E-state index contributed by atoms with van der Waals surface area (Å²) in [7, 11) is 0. The highest BCUT2D eigenvalue weighted by Gasteiger charge is 2.24. The second-order valence-electron chi connectivity index (χ2n) is 4.04. The molecule has 0 N–H and O–H groups in total. The molecule has 0 amide bonds. The largest absolute Gasteiger partial charge is 0.415 e. The highest BCUT2D eigenvalue weighted by atomic mass is 32.2. The SMILES string of the molecule is CSCc1nnc(SCC(=O)C(C#N)c2nc(C)cs2)o1. The van der Waals surface area contributed by atoms with Crippen molar-refractivity contribution in [3.05, 3.63) is 22.0 Å². The van der Waals surface area contributed by atoms with E-state index in [1.165, 1.54) is 11.3 Å². The fourth-order valence-corrected chi connectivity index (χ4v) is 3.37. The Morgan fingerprint density at radius 3 is 3.00 bits per heavy atom. The molecule has 0 bridgehead atoms. The van der Waals surface area contributed by atoms with E-state index in [0.717, 1.165) is 17.5 Å². The van der Waals surface area contributed by atoms with Gasteiger partial charge in [0.1, 0.15) is 5.01 Å². The highest BCUT2D eigenvalue weighted by molar-refractivity contribution is 7.99. The number of ketones is 1. The Bertz CT molecular complexity index is 662. The number of rotatable bonds is 7. The average molecular weight is 340 g/mol. The van der Waals surface area contributed by atoms with Crippen LogP contribution in [-0.2, 0) is 10.5 Å². The van der Waals surface area contributed by atoms with Gasteiger partial charge in [-0.05, 0) is 13.2 Å². The van der Waals surface area contributed by atoms with E-state index < -0.39 is 5.92 Å². The van der Waals surface area contributed by atoms with Crippen molar-refractivity contribution in [2.75, 3.05) is 12.0 Å². The Labute approximate surface area is 134 Å². The molecule has 0 aliphatic carbocycles. The number of thioether (sulfide) groups is 2. The normalized spacial score (nSPS) is 12.0. The molecule has 0 radical (unpaired) electrons. The lowest BCUT2D eigenvalue weighted by Crippen LogP contribution is -2.13. The van der Waals surface area contributed by atoms with E-state index in [1.807, 2.05) is 24.6 Å². The van der Waals surface area contributed by atoms with Gasteiger partial charge in [-0.3, -0.25) is 4.79 Å². The minimum Gasteiger partial charge on any atom is -0.415 e. The lowest BCUT2D eigenvalue weighted by Gasteiger charge is -2.02. The van der Waals surface area contributed by atoms with Crippen LogP contribution in [0.5, 0.6) is 0 Å². The lowest BCUT2D eigenvalue weighted by molar-refractivity contribution is -0.116. The van der Waals surface area contributed by atoms with Crippen molar-refractivity contribution in [1.82, 2.24) is 15.2 Å². The average Bonchev–Trinajstić information content (AvgIpc) is 3.07. The molecule has 0 aliphatic rings. The zero-order valence-electron chi connectivity index (χ0n) is 11.4. The zero-order valence-corrected chi connectivity index (χ0v) is 13.8. The second-order valence-corrected chi connectivity index (χ2v) is 6.72. The summed E-state index contributed by atoms with van der Waals surface area (Å²) in [6, 6.07) is 2.01. The van der Waals surface area contributed by atoms with Gasteiger partial charge in [0.05, 0.1) is 17.6 Å². The third kappa shape index (κ3) is 4.30. The first-order valence-electron chi connectivity index (χ1n) is 5.92. The molecule has 21 heavy (non-hydrogen) atoms. The molecule has 0 fully saturated rings. The van der Waals surface area contributed by atoms with Crippen molar-refractivity contribution in [2.24, 2.45) is 0 Å². The van der Waals surface area contributed by atoms with E-state index in [2.05, 4.69) is 15.2 Å². The van der Waals surface area contributed by atoms with Crippen molar-refractivity contribution in [2.45, 2.75) is 23.8 Å². The summed E-state index contributed by atoms with van der Waals surface area (Å²) in [5, 5.41) is 19.6. The van der Waals surface area contributed by atoms with Gasteiger partial charge in [0.15, 0.2) is 11.7 Å². The summed E-state index contributed by atoms with van der Waals surface area (Å²) < 4.78 is 5.37. The molecule has 2 aromatic heterocycles. The van der Waals surface area contributed by atoms with Crippen LogP contribution in [0, 0.1) is 18.3 Å². The number of hydrogen-bond acceptors (Lipinski definition) is 9. The van der Waals surface area contributed by atoms with Crippen LogP contribution in [0.15, 0.2) is 15.0 Å². The fourth-order valence-electron chi connectivity index (χ4n) is 1.46. The fraction of sp³-hybridized carbons (Fsp3) is 0.417. The highest BCUT2D eigenvalue weighted by Crippen LogP contribution is 2.24. The van der Waals surface area contributed by atoms with Crippen LogP contribution in [-0.4, -0.2) is 33.0 Å². The Balaban J connectivity index is 1.95. The van der Waals surface area contributed by atoms with Crippen LogP contribution in [0.4, 0.5) is 0 Å². The standard InChI is InChI=1S/C12H12N4O2S3/c1-7-4-20-11(14-7)8(3-13)9(17)5-21-12-16-15-10(18-12)6-19-2/h4,8H,5-6H2,1-2H3. The van der Waals surface area contributed by atoms with Gasteiger partial charge in [0.25, 0.3) is 5.22 Å². The van der Waals surface area contributed by atoms with Crippen molar-refractivity contribution in [3.8, 4) is 6.07 Å². The predicted molar refractivity (Wildman–Crippen MR) is 82.5 cm³/mol. The van der Waals surface area contributed by atoms with Gasteiger partial charge in [-0.2, -0.15) is 17.0 Å². The number of aryl methyl sites for hydroxylation is 1. The predicted octanol–water partition coefficient (Wildman–Crippen LogP) is 2.67. The van der Waals surface area contributed by atoms with Crippen molar-refractivity contribution < 1.29 is 9.21 Å². The molecule has 2 rings (SSSR count). The van der Waals surface area contributed by atoms with Crippen LogP contribution in [0.1, 0.15) is 22.5 Å². The van der Waals surface area contributed by atoms with E-state index in [1.54, 1.807) is 11.8 Å². The maximum Gasteiger partial charge on any atom is 0.277 e. The molecule has 6 nitrogen and oxygen atoms in total. The third-order valence-corrected chi connectivity index (χ3v) is 4.79. The maximum absolute atomic E-state index is 12.1. The Morgan fingerprint density at radius 1 is 1.57 bits per heavy atom. The van der Waals surface area contributed by atoms with E-state index in [9.17, 15) is 4.79 Å². The molecular weight excluding hydrogens is 328 g/mol. The monoisotopic (exact) mass is 340 g/mol. The summed E-state index contributed by atoms with van der Waals surface area (Å²) in [5.41, 5.74) is 0.814. The van der Waals surface area contributed by atoms with E-state index in [0.29, 0.717) is 21.9 Å². The zero-order chi connectivity index (χ0) is 15.2. The second kappa shape index (κ2) is 7.59. The number of Topliss-reactive ketones (excluding diaryl/α,β-unsaturated/α-hetero) is 1. The van der Waals surface area contributed by atoms with Crippen molar-refractivity contribution in [1.29, 1.82) is 5.26 Å². The van der Waals surface area contributed by atoms with E-state index in [-0.39, 0.29) is 11.5 Å². The summed E-state index contributed by atoms with van der Waals surface area (Å²) in [6.45, 7) is 1.83. The molecule has 0 saturated heterocycles. The molecule has 0 aromatic carbocycles. The summed E-state index contributed by atoms with van der Waals surface area (Å²) in [5.74, 6) is 0.245. The molecule has 2 aromatic rings. The van der Waals surface area contributed by atoms with Crippen LogP contribution in [0.25, 0.3) is 0 Å².